The summed E-state index contributed by atoms with van der Waals surface area (Å²) >= 11 is 0. The molecule has 1 heterocycles. The molecule has 2 rings (SSSR count). The number of benzene rings is 1. The van der Waals surface area contributed by atoms with Crippen molar-refractivity contribution in [2.45, 2.75) is 53.4 Å². The molecule has 1 atom stereocenters. The third-order valence-electron chi connectivity index (χ3n) is 4.40. The Kier molecular flexibility index (Phi) is 4.81. The number of fused-ring (bicyclic) bond motifs is 1. The molecule has 3 heteroatoms. The number of unbranched alkanes of at least 4 members (excludes halogenated alkanes) is 1. The van der Waals surface area contributed by atoms with Gasteiger partial charge in [-0.2, -0.15) is 0 Å². The van der Waals surface area contributed by atoms with Crippen molar-refractivity contribution in [2.75, 3.05) is 11.4 Å². The summed E-state index contributed by atoms with van der Waals surface area (Å²) in [6.45, 7) is 8.92. The van der Waals surface area contributed by atoms with Crippen molar-refractivity contribution < 1.29 is 9.59 Å². The van der Waals surface area contributed by atoms with Gasteiger partial charge in [0.05, 0.1) is 11.3 Å². The van der Waals surface area contributed by atoms with E-state index in [9.17, 15) is 9.59 Å². The zero-order valence-electron chi connectivity index (χ0n) is 13.5. The van der Waals surface area contributed by atoms with Gasteiger partial charge in [0.25, 0.3) is 11.7 Å². The van der Waals surface area contributed by atoms with Crippen LogP contribution in [0.2, 0.25) is 0 Å². The molecule has 1 unspecified atom stereocenters. The fourth-order valence-corrected chi connectivity index (χ4v) is 3.15. The summed E-state index contributed by atoms with van der Waals surface area (Å²) in [6, 6.07) is 3.94. The van der Waals surface area contributed by atoms with E-state index >= 15 is 0 Å². The van der Waals surface area contributed by atoms with Gasteiger partial charge < -0.3 is 4.90 Å². The van der Waals surface area contributed by atoms with Gasteiger partial charge in [0.1, 0.15) is 0 Å². The monoisotopic (exact) mass is 287 g/mol. The van der Waals surface area contributed by atoms with E-state index < -0.39 is 0 Å². The van der Waals surface area contributed by atoms with Crippen LogP contribution in [0.15, 0.2) is 12.1 Å². The summed E-state index contributed by atoms with van der Waals surface area (Å²) in [5.41, 5.74) is 3.43. The molecular formula is C18H25NO2. The molecule has 0 fully saturated rings. The van der Waals surface area contributed by atoms with Gasteiger partial charge >= 0.3 is 0 Å². The second-order valence-electron chi connectivity index (χ2n) is 6.14. The van der Waals surface area contributed by atoms with Gasteiger partial charge in [-0.3, -0.25) is 9.59 Å². The molecule has 1 amide bonds. The standard InChI is InChI=1S/C18H25NO2/c1-5-7-8-14(6-2)11-19-15-10-12(3)9-13(4)16(15)17(20)18(19)21/h9-10,14H,5-8,11H2,1-4H3. The molecule has 0 bridgehead atoms. The van der Waals surface area contributed by atoms with Gasteiger partial charge in [-0.25, -0.2) is 0 Å². The quantitative estimate of drug-likeness (QED) is 0.740. The average Bonchev–Trinajstić information content (AvgIpc) is 2.67. The van der Waals surface area contributed by atoms with Gasteiger partial charge in [-0.05, 0) is 43.4 Å². The predicted molar refractivity (Wildman–Crippen MR) is 85.9 cm³/mol. The van der Waals surface area contributed by atoms with Crippen molar-refractivity contribution in [3.8, 4) is 0 Å². The van der Waals surface area contributed by atoms with E-state index in [0.717, 1.165) is 36.1 Å². The van der Waals surface area contributed by atoms with Crippen molar-refractivity contribution in [1.82, 2.24) is 0 Å². The number of anilines is 1. The molecule has 0 aromatic heterocycles. The second kappa shape index (κ2) is 6.42. The van der Waals surface area contributed by atoms with E-state index in [2.05, 4.69) is 13.8 Å². The Labute approximate surface area is 127 Å². The molecular weight excluding hydrogens is 262 g/mol. The second-order valence-corrected chi connectivity index (χ2v) is 6.14. The van der Waals surface area contributed by atoms with E-state index in [4.69, 9.17) is 0 Å². The van der Waals surface area contributed by atoms with Crippen LogP contribution in [0.1, 0.15) is 61.0 Å². The average molecular weight is 287 g/mol. The molecule has 0 saturated heterocycles. The molecule has 0 aliphatic carbocycles. The maximum atomic E-state index is 12.3. The summed E-state index contributed by atoms with van der Waals surface area (Å²) in [6.07, 6.45) is 4.50. The van der Waals surface area contributed by atoms with Crippen LogP contribution < -0.4 is 4.90 Å². The van der Waals surface area contributed by atoms with Crippen molar-refractivity contribution in [3.63, 3.8) is 0 Å². The summed E-state index contributed by atoms with van der Waals surface area (Å²) in [5, 5.41) is 0. The third-order valence-corrected chi connectivity index (χ3v) is 4.40. The van der Waals surface area contributed by atoms with Crippen molar-refractivity contribution in [2.24, 2.45) is 5.92 Å². The number of Topliss-reactive ketones (excluding diaryl/α,β-unsaturated/α-hetero) is 1. The lowest BCUT2D eigenvalue weighted by atomic mass is 9.98. The highest BCUT2D eigenvalue weighted by Gasteiger charge is 2.37. The minimum absolute atomic E-state index is 0.340. The third kappa shape index (κ3) is 3.02. The summed E-state index contributed by atoms with van der Waals surface area (Å²) in [4.78, 5) is 26.3. The van der Waals surface area contributed by atoms with Gasteiger partial charge in [0, 0.05) is 6.54 Å². The molecule has 1 aromatic rings. The van der Waals surface area contributed by atoms with Crippen LogP contribution in [-0.4, -0.2) is 18.2 Å². The number of amides is 1. The van der Waals surface area contributed by atoms with Crippen LogP contribution in [0.4, 0.5) is 5.69 Å². The lowest BCUT2D eigenvalue weighted by Gasteiger charge is -2.23. The number of hydrogen-bond donors (Lipinski definition) is 0. The molecule has 0 spiro atoms. The van der Waals surface area contributed by atoms with Gasteiger partial charge in [0.2, 0.25) is 0 Å². The molecule has 1 aliphatic heterocycles. The summed E-state index contributed by atoms with van der Waals surface area (Å²) in [7, 11) is 0. The predicted octanol–water partition coefficient (Wildman–Crippen LogP) is 4.05. The molecule has 3 nitrogen and oxygen atoms in total. The molecule has 114 valence electrons. The summed E-state index contributed by atoms with van der Waals surface area (Å²) in [5.74, 6) is -0.227. The topological polar surface area (TPSA) is 37.4 Å². The Morgan fingerprint density at radius 3 is 2.48 bits per heavy atom. The Morgan fingerprint density at radius 2 is 1.86 bits per heavy atom. The van der Waals surface area contributed by atoms with E-state index in [-0.39, 0.29) is 11.7 Å². The number of carbonyl (C=O) groups is 2. The SMILES string of the molecule is CCCCC(CC)CN1C(=O)C(=O)c2c(C)cc(C)cc21. The zero-order chi connectivity index (χ0) is 15.6. The lowest BCUT2D eigenvalue weighted by Crippen LogP contribution is -2.34. The number of ketones is 1. The minimum Gasteiger partial charge on any atom is -0.304 e. The number of aryl methyl sites for hydroxylation is 2. The molecule has 0 saturated carbocycles. The Balaban J connectivity index is 2.30. The van der Waals surface area contributed by atoms with Gasteiger partial charge in [-0.15, -0.1) is 0 Å². The molecule has 0 N–H and O–H groups in total. The van der Waals surface area contributed by atoms with E-state index in [1.165, 1.54) is 6.42 Å². The van der Waals surface area contributed by atoms with Crippen LogP contribution in [0.5, 0.6) is 0 Å². The fraction of sp³-hybridized carbons (Fsp3) is 0.556. The van der Waals surface area contributed by atoms with Crippen molar-refractivity contribution in [3.05, 3.63) is 28.8 Å². The first-order chi connectivity index (χ1) is 9.99. The van der Waals surface area contributed by atoms with Crippen LogP contribution in [0.25, 0.3) is 0 Å². The number of nitrogens with zero attached hydrogens (tertiary/aromatic N) is 1. The first-order valence-corrected chi connectivity index (χ1v) is 7.97. The normalized spacial score (nSPS) is 15.5. The highest BCUT2D eigenvalue weighted by Crippen LogP contribution is 2.34. The minimum atomic E-state index is -0.353. The highest BCUT2D eigenvalue weighted by atomic mass is 16.2. The van der Waals surface area contributed by atoms with Crippen molar-refractivity contribution in [1.29, 1.82) is 0 Å². The molecule has 1 aromatic carbocycles. The largest absolute Gasteiger partial charge is 0.304 e. The fourth-order valence-electron chi connectivity index (χ4n) is 3.15. The van der Waals surface area contributed by atoms with Crippen molar-refractivity contribution >= 4 is 17.4 Å². The highest BCUT2D eigenvalue weighted by molar-refractivity contribution is 6.52. The molecule has 21 heavy (non-hydrogen) atoms. The van der Waals surface area contributed by atoms with E-state index in [1.807, 2.05) is 26.0 Å². The maximum absolute atomic E-state index is 12.3. The Morgan fingerprint density at radius 1 is 1.14 bits per heavy atom. The maximum Gasteiger partial charge on any atom is 0.299 e. The Hall–Kier alpha value is -1.64. The van der Waals surface area contributed by atoms with Gasteiger partial charge in [-0.1, -0.05) is 39.2 Å². The smallest absolute Gasteiger partial charge is 0.299 e. The number of rotatable bonds is 6. The summed E-state index contributed by atoms with van der Waals surface area (Å²) < 4.78 is 0. The Bertz CT molecular complexity index is 563. The number of carbonyl (C=O) groups excluding carboxylic acids is 2. The van der Waals surface area contributed by atoms with E-state index in [0.29, 0.717) is 18.0 Å². The first kappa shape index (κ1) is 15.7. The van der Waals surface area contributed by atoms with Crippen LogP contribution in [0.3, 0.4) is 0 Å². The number of hydrogen-bond acceptors (Lipinski definition) is 2. The zero-order valence-corrected chi connectivity index (χ0v) is 13.5. The van der Waals surface area contributed by atoms with Crippen LogP contribution in [0, 0.1) is 19.8 Å². The van der Waals surface area contributed by atoms with Crippen LogP contribution >= 0.6 is 0 Å². The van der Waals surface area contributed by atoms with Crippen LogP contribution in [-0.2, 0) is 4.79 Å². The first-order valence-electron chi connectivity index (χ1n) is 7.97. The van der Waals surface area contributed by atoms with E-state index in [1.54, 1.807) is 4.90 Å². The molecule has 0 radical (unpaired) electrons. The lowest BCUT2D eigenvalue weighted by molar-refractivity contribution is -0.114. The molecule has 1 aliphatic rings. The van der Waals surface area contributed by atoms with Gasteiger partial charge in [0.15, 0.2) is 0 Å².